The number of rotatable bonds is 6. The first-order valence-corrected chi connectivity index (χ1v) is 12.7. The molecule has 1 N–H and O–H groups in total. The van der Waals surface area contributed by atoms with E-state index in [9.17, 15) is 13.2 Å². The lowest BCUT2D eigenvalue weighted by Gasteiger charge is -2.24. The van der Waals surface area contributed by atoms with Gasteiger partial charge in [0.25, 0.3) is 0 Å². The lowest BCUT2D eigenvalue weighted by Crippen LogP contribution is -2.13. The quantitative estimate of drug-likeness (QED) is 0.253. The van der Waals surface area contributed by atoms with Gasteiger partial charge in [-0.1, -0.05) is 35.9 Å². The summed E-state index contributed by atoms with van der Waals surface area (Å²) in [6.45, 7) is 0.612. The van der Waals surface area contributed by atoms with Crippen molar-refractivity contribution in [1.29, 1.82) is 0 Å². The average molecular weight is 556 g/mol. The fraction of sp³-hybridized carbons (Fsp3) is 0.296. The highest BCUT2D eigenvalue weighted by molar-refractivity contribution is 9.10. The van der Waals surface area contributed by atoms with Gasteiger partial charge in [0.05, 0.1) is 16.2 Å². The third-order valence-electron chi connectivity index (χ3n) is 6.62. The summed E-state index contributed by atoms with van der Waals surface area (Å²) in [5.74, 6) is 1.13. The average Bonchev–Trinajstić information content (AvgIpc) is 3.27. The first-order valence-electron chi connectivity index (χ1n) is 11.9. The van der Waals surface area contributed by atoms with E-state index in [2.05, 4.69) is 37.4 Å². The molecule has 0 atom stereocenters. The molecule has 0 spiro atoms. The Morgan fingerprint density at radius 3 is 2.64 bits per heavy atom. The zero-order valence-electron chi connectivity index (χ0n) is 19.5. The van der Waals surface area contributed by atoms with E-state index in [0.29, 0.717) is 18.5 Å². The van der Waals surface area contributed by atoms with Gasteiger partial charge < -0.3 is 5.32 Å². The number of pyridine rings is 1. The van der Waals surface area contributed by atoms with Crippen molar-refractivity contribution in [1.82, 2.24) is 19.6 Å². The van der Waals surface area contributed by atoms with Crippen LogP contribution in [0.5, 0.6) is 0 Å². The number of anilines is 1. The summed E-state index contributed by atoms with van der Waals surface area (Å²) < 4.78 is 42.5. The van der Waals surface area contributed by atoms with Crippen molar-refractivity contribution >= 4 is 27.4 Å². The van der Waals surface area contributed by atoms with Crippen LogP contribution in [0.4, 0.5) is 19.0 Å². The predicted molar refractivity (Wildman–Crippen MR) is 137 cm³/mol. The highest BCUT2D eigenvalue weighted by Gasteiger charge is 2.32. The van der Waals surface area contributed by atoms with E-state index in [1.165, 1.54) is 11.6 Å². The number of nitrogens with zero attached hydrogens (tertiary/aromatic N) is 4. The minimum Gasteiger partial charge on any atom is -0.366 e. The van der Waals surface area contributed by atoms with Crippen molar-refractivity contribution in [2.24, 2.45) is 0 Å². The first-order chi connectivity index (χ1) is 17.4. The smallest absolute Gasteiger partial charge is 0.366 e. The molecular weight excluding hydrogens is 531 g/mol. The summed E-state index contributed by atoms with van der Waals surface area (Å²) in [6.07, 6.45) is 6.77. The van der Waals surface area contributed by atoms with Crippen molar-refractivity contribution < 1.29 is 13.2 Å². The Morgan fingerprint density at radius 1 is 1.08 bits per heavy atom. The third kappa shape index (κ3) is 5.46. The normalized spacial score (nSPS) is 16.3. The number of aromatic nitrogens is 4. The minimum atomic E-state index is -4.33. The van der Waals surface area contributed by atoms with Crippen LogP contribution in [0.2, 0.25) is 0 Å². The van der Waals surface area contributed by atoms with Gasteiger partial charge in [-0.05, 0) is 71.3 Å². The van der Waals surface area contributed by atoms with E-state index in [1.54, 1.807) is 29.0 Å². The number of hydrogen-bond acceptors (Lipinski definition) is 4. The van der Waals surface area contributed by atoms with E-state index in [1.807, 2.05) is 24.4 Å². The Bertz CT molecular complexity index is 1370. The molecule has 186 valence electrons. The SMILES string of the molecule is FC(F)(F)c1ccccc1CC=C1CCC(c2cc(NCc3cccnc3)n3ncc(Br)c3n2)CC1. The zero-order valence-corrected chi connectivity index (χ0v) is 21.1. The van der Waals surface area contributed by atoms with E-state index >= 15 is 0 Å². The second-order valence-corrected chi connectivity index (χ2v) is 9.86. The number of hydrogen-bond donors (Lipinski definition) is 1. The molecule has 0 unspecified atom stereocenters. The molecule has 1 aliphatic carbocycles. The molecule has 0 amide bonds. The molecule has 0 bridgehead atoms. The Morgan fingerprint density at radius 2 is 1.89 bits per heavy atom. The minimum absolute atomic E-state index is 0.273. The Balaban J connectivity index is 1.30. The molecule has 5 rings (SSSR count). The predicted octanol–water partition coefficient (Wildman–Crippen LogP) is 7.34. The summed E-state index contributed by atoms with van der Waals surface area (Å²) in [4.78, 5) is 9.06. The lowest BCUT2D eigenvalue weighted by atomic mass is 9.83. The second kappa shape index (κ2) is 10.4. The molecule has 3 heterocycles. The summed E-state index contributed by atoms with van der Waals surface area (Å²) in [6, 6.07) is 11.8. The molecule has 5 nitrogen and oxygen atoms in total. The van der Waals surface area contributed by atoms with Gasteiger partial charge in [0, 0.05) is 36.6 Å². The number of alkyl halides is 3. The summed E-state index contributed by atoms with van der Waals surface area (Å²) in [7, 11) is 0. The molecule has 9 heteroatoms. The molecule has 1 aromatic carbocycles. The standard InChI is InChI=1S/C27H25BrF3N5/c28-23-17-34-36-25(33-16-19-4-3-13-32-15-19)14-24(35-26(23)36)21-11-8-18(9-12-21)7-10-20-5-1-2-6-22(20)27(29,30)31/h1-7,13-15,17,21,33H,8-12,16H2. The largest absolute Gasteiger partial charge is 0.416 e. The molecule has 1 aliphatic rings. The molecule has 3 aromatic heterocycles. The fourth-order valence-electron chi connectivity index (χ4n) is 4.70. The molecule has 0 radical (unpaired) electrons. The summed E-state index contributed by atoms with van der Waals surface area (Å²) in [5.41, 5.74) is 3.80. The fourth-order valence-corrected chi connectivity index (χ4v) is 5.05. The van der Waals surface area contributed by atoms with Gasteiger partial charge in [0.15, 0.2) is 5.65 Å². The second-order valence-electron chi connectivity index (χ2n) is 9.00. The maximum atomic E-state index is 13.3. The molecule has 36 heavy (non-hydrogen) atoms. The zero-order chi connectivity index (χ0) is 25.1. The molecule has 1 saturated carbocycles. The molecule has 0 saturated heterocycles. The van der Waals surface area contributed by atoms with Gasteiger partial charge >= 0.3 is 6.18 Å². The van der Waals surface area contributed by atoms with Crippen LogP contribution in [-0.2, 0) is 19.1 Å². The topological polar surface area (TPSA) is 55.1 Å². The maximum Gasteiger partial charge on any atom is 0.416 e. The Hall–Kier alpha value is -3.20. The van der Waals surface area contributed by atoms with Gasteiger partial charge in [-0.25, -0.2) is 4.98 Å². The molecule has 0 aliphatic heterocycles. The van der Waals surface area contributed by atoms with Gasteiger partial charge in [-0.2, -0.15) is 22.8 Å². The first kappa shape index (κ1) is 24.5. The van der Waals surface area contributed by atoms with Crippen molar-refractivity contribution in [3.63, 3.8) is 0 Å². The molecule has 4 aromatic rings. The Kier molecular flexibility index (Phi) is 7.09. The summed E-state index contributed by atoms with van der Waals surface area (Å²) in [5, 5.41) is 7.90. The van der Waals surface area contributed by atoms with Crippen molar-refractivity contribution in [2.75, 3.05) is 5.32 Å². The maximum absolute atomic E-state index is 13.3. The Labute approximate surface area is 215 Å². The number of nitrogens with one attached hydrogen (secondary N) is 1. The van der Waals surface area contributed by atoms with E-state index < -0.39 is 11.7 Å². The monoisotopic (exact) mass is 555 g/mol. The highest BCUT2D eigenvalue weighted by Crippen LogP contribution is 2.37. The van der Waals surface area contributed by atoms with E-state index in [4.69, 9.17) is 4.98 Å². The van der Waals surface area contributed by atoms with Crippen LogP contribution >= 0.6 is 15.9 Å². The van der Waals surface area contributed by atoms with Crippen LogP contribution in [0.1, 0.15) is 54.0 Å². The number of benzene rings is 1. The van der Waals surface area contributed by atoms with Crippen LogP contribution < -0.4 is 5.32 Å². The van der Waals surface area contributed by atoms with Crippen LogP contribution in [0.25, 0.3) is 5.65 Å². The van der Waals surface area contributed by atoms with Crippen molar-refractivity contribution in [3.8, 4) is 0 Å². The number of halogens is 4. The van der Waals surface area contributed by atoms with Gasteiger partial charge in [-0.3, -0.25) is 4.98 Å². The van der Waals surface area contributed by atoms with Crippen LogP contribution in [-0.4, -0.2) is 19.6 Å². The number of fused-ring (bicyclic) bond motifs is 1. The van der Waals surface area contributed by atoms with E-state index in [0.717, 1.165) is 58.9 Å². The highest BCUT2D eigenvalue weighted by atomic mass is 79.9. The molecule has 1 fully saturated rings. The number of allylic oxidation sites excluding steroid dienone is 2. The van der Waals surface area contributed by atoms with Crippen molar-refractivity contribution in [3.05, 3.63) is 99.6 Å². The van der Waals surface area contributed by atoms with Crippen molar-refractivity contribution in [2.45, 2.75) is 50.7 Å². The van der Waals surface area contributed by atoms with Gasteiger partial charge in [0.1, 0.15) is 5.82 Å². The lowest BCUT2D eigenvalue weighted by molar-refractivity contribution is -0.138. The summed E-state index contributed by atoms with van der Waals surface area (Å²) >= 11 is 3.55. The van der Waals surface area contributed by atoms with Crippen LogP contribution in [0.3, 0.4) is 0 Å². The molecular formula is C27H25BrF3N5. The van der Waals surface area contributed by atoms with Gasteiger partial charge in [-0.15, -0.1) is 0 Å². The van der Waals surface area contributed by atoms with Gasteiger partial charge in [0.2, 0.25) is 0 Å². The third-order valence-corrected chi connectivity index (χ3v) is 7.18. The van der Waals surface area contributed by atoms with Crippen LogP contribution in [0, 0.1) is 0 Å². The van der Waals surface area contributed by atoms with E-state index in [-0.39, 0.29) is 5.92 Å². The van der Waals surface area contributed by atoms with Crippen LogP contribution in [0.15, 0.2) is 77.2 Å².